The van der Waals surface area contributed by atoms with E-state index in [-0.39, 0.29) is 94.6 Å². The van der Waals surface area contributed by atoms with Crippen LogP contribution in [0, 0.1) is 47.3 Å². The van der Waals surface area contributed by atoms with Crippen molar-refractivity contribution < 1.29 is 42.8 Å². The molecule has 8 amide bonds. The minimum absolute atomic E-state index is 0.226. The Morgan fingerprint density at radius 2 is 0.954 bits per heavy atom. The molecule has 0 spiro atoms. The summed E-state index contributed by atoms with van der Waals surface area (Å²) >= 11 is 0. The van der Waals surface area contributed by atoms with Gasteiger partial charge < -0.3 is 24.9 Å². The van der Waals surface area contributed by atoms with Crippen molar-refractivity contribution in [3.63, 3.8) is 0 Å². The molecule has 5 heterocycles. The molecule has 16 heteroatoms. The van der Waals surface area contributed by atoms with Crippen molar-refractivity contribution >= 4 is 58.6 Å². The van der Waals surface area contributed by atoms with Crippen LogP contribution in [-0.2, 0) is 38.4 Å². The Labute approximate surface area is 375 Å². The average Bonchev–Trinajstić information content (AvgIpc) is 4.16. The van der Waals surface area contributed by atoms with Crippen molar-refractivity contribution in [3.05, 3.63) is 54.7 Å². The predicted molar refractivity (Wildman–Crippen MR) is 232 cm³/mol. The molecule has 12 unspecified atom stereocenters. The molecule has 4 saturated carbocycles. The van der Waals surface area contributed by atoms with Gasteiger partial charge in [-0.05, 0) is 150 Å². The maximum atomic E-state index is 13.8. The van der Waals surface area contributed by atoms with E-state index < -0.39 is 24.2 Å². The van der Waals surface area contributed by atoms with Crippen LogP contribution in [0.4, 0.5) is 11.4 Å². The molecule has 8 fully saturated rings. The van der Waals surface area contributed by atoms with Crippen molar-refractivity contribution in [1.82, 2.24) is 24.6 Å². The Morgan fingerprint density at radius 1 is 0.569 bits per heavy atom. The summed E-state index contributed by atoms with van der Waals surface area (Å²) in [6.07, 6.45) is 9.49. The fourth-order valence-corrected chi connectivity index (χ4v) is 13.3. The Balaban J connectivity index is 0.683. The lowest BCUT2D eigenvalue weighted by Crippen LogP contribution is -2.53. The maximum absolute atomic E-state index is 13.8. The molecule has 11 rings (SSSR count). The quantitative estimate of drug-likeness (QED) is 0.269. The van der Waals surface area contributed by atoms with Crippen LogP contribution >= 0.6 is 0 Å². The van der Waals surface area contributed by atoms with Crippen LogP contribution in [0.15, 0.2) is 59.1 Å². The second-order valence-electron chi connectivity index (χ2n) is 19.8. The number of oxazole rings is 1. The first kappa shape index (κ1) is 41.5. The van der Waals surface area contributed by atoms with Gasteiger partial charge in [-0.3, -0.25) is 48.2 Å². The van der Waals surface area contributed by atoms with Crippen LogP contribution < -0.4 is 10.6 Å². The number of benzene rings is 2. The number of likely N-dealkylation sites (tertiary alicyclic amines) is 4. The number of amides is 8. The highest BCUT2D eigenvalue weighted by atomic mass is 16.4. The van der Waals surface area contributed by atoms with Gasteiger partial charge in [-0.25, -0.2) is 4.98 Å². The lowest BCUT2D eigenvalue weighted by atomic mass is 9.81. The largest absolute Gasteiger partial charge is 0.436 e. The van der Waals surface area contributed by atoms with Gasteiger partial charge >= 0.3 is 0 Å². The number of imide groups is 2. The van der Waals surface area contributed by atoms with E-state index in [0.29, 0.717) is 72.9 Å². The number of carbonyl (C=O) groups excluding carboxylic acids is 8. The Kier molecular flexibility index (Phi) is 10.1. The van der Waals surface area contributed by atoms with Gasteiger partial charge in [0, 0.05) is 35.6 Å². The molecule has 65 heavy (non-hydrogen) atoms. The molecule has 338 valence electrons. The van der Waals surface area contributed by atoms with Crippen molar-refractivity contribution in [1.29, 1.82) is 0 Å². The van der Waals surface area contributed by atoms with Gasteiger partial charge in [0.15, 0.2) is 5.76 Å². The first-order valence-electron chi connectivity index (χ1n) is 23.5. The number of hydrogen-bond donors (Lipinski definition) is 2. The second-order valence-corrected chi connectivity index (χ2v) is 19.8. The van der Waals surface area contributed by atoms with Crippen LogP contribution in [0.25, 0.3) is 22.8 Å². The number of carbonyl (C=O) groups is 8. The number of nitrogens with zero attached hydrogens (tertiary/aromatic N) is 5. The number of hydrogen-bond acceptors (Lipinski definition) is 10. The zero-order valence-electron chi connectivity index (χ0n) is 36.5. The topological polar surface area (TPSA) is 200 Å². The second kappa shape index (κ2) is 15.8. The molecular weight excluding hydrogens is 831 g/mol. The zero-order chi connectivity index (χ0) is 45.0. The highest BCUT2D eigenvalue weighted by molar-refractivity contribution is 6.10. The van der Waals surface area contributed by atoms with Crippen LogP contribution in [0.1, 0.15) is 78.1 Å². The molecular formula is C49H53N7O9. The summed E-state index contributed by atoms with van der Waals surface area (Å²) in [5, 5.41) is 5.85. The number of aromatic nitrogens is 1. The molecule has 0 radical (unpaired) electrons. The molecule has 16 nitrogen and oxygen atoms in total. The van der Waals surface area contributed by atoms with E-state index in [1.807, 2.05) is 0 Å². The summed E-state index contributed by atoms with van der Waals surface area (Å²) in [7, 11) is 0. The van der Waals surface area contributed by atoms with Crippen molar-refractivity contribution in [3.8, 4) is 22.8 Å². The van der Waals surface area contributed by atoms with Gasteiger partial charge in [0.2, 0.25) is 53.1 Å². The van der Waals surface area contributed by atoms with E-state index in [2.05, 4.69) is 15.6 Å². The van der Waals surface area contributed by atoms with Crippen LogP contribution in [-0.4, -0.2) is 109 Å². The number of fused-ring (bicyclic) bond motifs is 10. The van der Waals surface area contributed by atoms with Gasteiger partial charge in [-0.2, -0.15) is 0 Å². The van der Waals surface area contributed by atoms with Crippen LogP contribution in [0.2, 0.25) is 0 Å². The SMILES string of the molecule is CC(C(=O)N1CCCC1C(=O)Nc1ccc(-c2cnc(-c3ccc(NC(=O)C4CCCN4C(=O)C(C)N4C(=O)C5C6CCC(C6)C5C4=O)cc3)o2)cc1)N1C(=O)C2C3CCC(C3)C2C1=O. The molecule has 4 aliphatic heterocycles. The highest BCUT2D eigenvalue weighted by Gasteiger charge is 2.64. The van der Waals surface area contributed by atoms with E-state index >= 15 is 0 Å². The monoisotopic (exact) mass is 883 g/mol. The molecule has 3 aromatic rings. The lowest BCUT2D eigenvalue weighted by Gasteiger charge is -2.30. The van der Waals surface area contributed by atoms with Crippen molar-refractivity contribution in [2.75, 3.05) is 23.7 Å². The number of rotatable bonds is 10. The van der Waals surface area contributed by atoms with Gasteiger partial charge in [-0.15, -0.1) is 0 Å². The normalized spacial score (nSPS) is 31.8. The molecule has 4 saturated heterocycles. The first-order chi connectivity index (χ1) is 31.4. The molecule has 1 aromatic heterocycles. The summed E-state index contributed by atoms with van der Waals surface area (Å²) < 4.78 is 6.10. The Hall–Kier alpha value is -6.19. The fraction of sp³-hybridized carbons (Fsp3) is 0.531. The van der Waals surface area contributed by atoms with E-state index in [1.165, 1.54) is 19.6 Å². The van der Waals surface area contributed by atoms with Gasteiger partial charge in [0.05, 0.1) is 29.9 Å². The van der Waals surface area contributed by atoms with Gasteiger partial charge in [0.1, 0.15) is 24.2 Å². The fourth-order valence-electron chi connectivity index (χ4n) is 13.3. The van der Waals surface area contributed by atoms with Crippen LogP contribution in [0.3, 0.4) is 0 Å². The molecule has 8 aliphatic rings. The molecule has 2 N–H and O–H groups in total. The number of anilines is 2. The molecule has 2 aromatic carbocycles. The van der Waals surface area contributed by atoms with Crippen LogP contribution in [0.5, 0.6) is 0 Å². The van der Waals surface area contributed by atoms with E-state index in [1.54, 1.807) is 68.6 Å². The third-order valence-electron chi connectivity index (χ3n) is 16.4. The van der Waals surface area contributed by atoms with E-state index in [0.717, 1.165) is 38.5 Å². The standard InChI is InChI=1S/C49H53N7O9/c1-24(55-46(61)37-28-7-8-29(21-28)38(37)47(55)62)44(59)53-19-3-5-34(53)41(57)51-32-15-11-26(12-16-32)36-23-50-43(65-36)27-13-17-33(18-14-27)52-42(58)35-6-4-20-54(35)45(60)25(2)56-48(63)39-30-9-10-31(22-30)40(39)49(56)64/h11-18,23-25,28-31,34-35,37-40H,3-10,19-22H2,1-2H3,(H,51,57)(H,52,58). The summed E-state index contributed by atoms with van der Waals surface area (Å²) in [6.45, 7) is 3.95. The zero-order valence-corrected chi connectivity index (χ0v) is 36.5. The minimum Gasteiger partial charge on any atom is -0.436 e. The molecule has 4 bridgehead atoms. The Bertz CT molecular complexity index is 2300. The van der Waals surface area contributed by atoms with Gasteiger partial charge in [0.25, 0.3) is 0 Å². The van der Waals surface area contributed by atoms with Gasteiger partial charge in [-0.1, -0.05) is 0 Å². The highest BCUT2D eigenvalue weighted by Crippen LogP contribution is 2.57. The first-order valence-corrected chi connectivity index (χ1v) is 23.5. The van der Waals surface area contributed by atoms with E-state index in [4.69, 9.17) is 4.42 Å². The van der Waals surface area contributed by atoms with E-state index in [9.17, 15) is 38.4 Å². The summed E-state index contributed by atoms with van der Waals surface area (Å²) in [4.78, 5) is 118. The smallest absolute Gasteiger partial charge is 0.247 e. The predicted octanol–water partition coefficient (Wildman–Crippen LogP) is 4.71. The third kappa shape index (κ3) is 6.63. The van der Waals surface area contributed by atoms with Crippen molar-refractivity contribution in [2.45, 2.75) is 102 Å². The average molecular weight is 884 g/mol. The number of nitrogens with one attached hydrogen (secondary N) is 2. The summed E-state index contributed by atoms with van der Waals surface area (Å²) in [5.74, 6) is -1.83. The summed E-state index contributed by atoms with van der Waals surface area (Å²) in [5.41, 5.74) is 2.44. The third-order valence-corrected chi connectivity index (χ3v) is 16.4. The molecule has 12 atom stereocenters. The summed E-state index contributed by atoms with van der Waals surface area (Å²) in [6, 6.07) is 10.7. The lowest BCUT2D eigenvalue weighted by molar-refractivity contribution is -0.152. The minimum atomic E-state index is -0.960. The Morgan fingerprint density at radius 3 is 1.35 bits per heavy atom. The van der Waals surface area contributed by atoms with Crippen molar-refractivity contribution in [2.24, 2.45) is 47.3 Å². The maximum Gasteiger partial charge on any atom is 0.247 e. The molecule has 4 aliphatic carbocycles.